The second kappa shape index (κ2) is 5.09. The van der Waals surface area contributed by atoms with E-state index >= 15 is 0 Å². The van der Waals surface area contributed by atoms with Gasteiger partial charge in [0.2, 0.25) is 0 Å². The minimum absolute atomic E-state index is 0. The molecule has 13 heavy (non-hydrogen) atoms. The summed E-state index contributed by atoms with van der Waals surface area (Å²) in [5.41, 5.74) is 6.87. The van der Waals surface area contributed by atoms with Gasteiger partial charge in [0.1, 0.15) is 5.75 Å². The van der Waals surface area contributed by atoms with Gasteiger partial charge in [-0.05, 0) is 0 Å². The number of benzene rings is 1. The minimum Gasteiger partial charge on any atom is -0.597 e. The van der Waals surface area contributed by atoms with Gasteiger partial charge in [0.25, 0.3) is 0 Å². The van der Waals surface area contributed by atoms with Crippen LogP contribution in [0.5, 0.6) is 5.75 Å². The Kier molecular flexibility index (Phi) is 4.37. The van der Waals surface area contributed by atoms with E-state index in [1.807, 2.05) is 18.2 Å². The third-order valence-corrected chi connectivity index (χ3v) is 2.26. The zero-order valence-electron chi connectivity index (χ0n) is 7.53. The zero-order valence-corrected chi connectivity index (χ0v) is 10.4. The molecule has 3 N–H and O–H groups in total. The Morgan fingerprint density at radius 3 is 3.23 bits per heavy atom. The van der Waals surface area contributed by atoms with Crippen LogP contribution in [0.1, 0.15) is 12.0 Å². The Balaban J connectivity index is 0.000000845. The molecule has 0 fully saturated rings. The second-order valence-corrected chi connectivity index (χ2v) is 3.11. The number of nitrogens with two attached hydrogens (primary N) is 1. The van der Waals surface area contributed by atoms with E-state index < -0.39 is 0 Å². The molecular weight excluding hydrogens is 239 g/mol. The molecule has 0 spiro atoms. The molecular formula is C10H13NOY. The van der Waals surface area contributed by atoms with E-state index in [1.165, 1.54) is 5.56 Å². The molecule has 1 radical (unpaired) electrons. The van der Waals surface area contributed by atoms with Gasteiger partial charge in [-0.1, -0.05) is 18.1 Å². The summed E-state index contributed by atoms with van der Waals surface area (Å²) in [6.07, 6.45) is 2.51. The van der Waals surface area contributed by atoms with Gasteiger partial charge >= 0.3 is 0 Å². The smallest absolute Gasteiger partial charge is 0.193 e. The Bertz CT molecular complexity index is 277. The topological polar surface area (TPSA) is 38.8 Å². The first kappa shape index (κ1) is 11.2. The number of fused-ring (bicyclic) bond motifs is 1. The molecule has 1 aromatic carbocycles. The summed E-state index contributed by atoms with van der Waals surface area (Å²) in [6, 6.07) is 9.00. The van der Waals surface area contributed by atoms with Crippen LogP contribution in [0.4, 0.5) is 0 Å². The average Bonchev–Trinajstić information content (AvgIpc) is 2.17. The van der Waals surface area contributed by atoms with Gasteiger partial charge in [-0.15, -0.1) is 0 Å². The van der Waals surface area contributed by atoms with Gasteiger partial charge in [-0.3, -0.25) is 0 Å². The number of aromatic hydroxyl groups is 1. The van der Waals surface area contributed by atoms with Crippen LogP contribution < -0.4 is 5.73 Å². The molecule has 2 nitrogen and oxygen atoms in total. The number of hydrogen-bond acceptors (Lipinski definition) is 1. The predicted octanol–water partition coefficient (Wildman–Crippen LogP) is 0.999. The maximum Gasteiger partial charge on any atom is 0.193 e. The number of aliphatic hydroxyl groups is 1. The third-order valence-electron chi connectivity index (χ3n) is 2.26. The first-order valence-corrected chi connectivity index (χ1v) is 4.30. The van der Waals surface area contributed by atoms with E-state index in [9.17, 15) is 0 Å². The summed E-state index contributed by atoms with van der Waals surface area (Å²) in [5, 5.41) is 0. The number of hydrogen-bond donors (Lipinski definition) is 1. The summed E-state index contributed by atoms with van der Waals surface area (Å²) in [7, 11) is 0. The maximum absolute atomic E-state index is 5.56. The van der Waals surface area contributed by atoms with Crippen molar-refractivity contribution in [2.24, 2.45) is 5.73 Å². The van der Waals surface area contributed by atoms with E-state index in [1.54, 1.807) is 0 Å². The van der Waals surface area contributed by atoms with Crippen molar-refractivity contribution < 1.29 is 37.4 Å². The fourth-order valence-electron chi connectivity index (χ4n) is 1.54. The molecule has 0 aromatic heterocycles. The van der Waals surface area contributed by atoms with Gasteiger partial charge in [0.05, 0.1) is 6.54 Å². The van der Waals surface area contributed by atoms with Crippen LogP contribution >= 0.6 is 0 Å². The second-order valence-electron chi connectivity index (χ2n) is 3.11. The molecule has 1 aliphatic rings. The molecule has 67 valence electrons. The molecule has 0 saturated heterocycles. The summed E-state index contributed by atoms with van der Waals surface area (Å²) in [4.78, 5) is 0. The number of rotatable bonds is 1. The largest absolute Gasteiger partial charge is 0.597 e. The van der Waals surface area contributed by atoms with Crippen molar-refractivity contribution in [1.82, 2.24) is 0 Å². The van der Waals surface area contributed by atoms with E-state index in [0.717, 1.165) is 18.6 Å². The average molecular weight is 252 g/mol. The monoisotopic (exact) mass is 252 g/mol. The predicted molar refractivity (Wildman–Crippen MR) is 48.1 cm³/mol. The van der Waals surface area contributed by atoms with Crippen LogP contribution in [0.25, 0.3) is 0 Å². The summed E-state index contributed by atoms with van der Waals surface area (Å²) in [5.74, 6) is 1.11. The first-order chi connectivity index (χ1) is 5.90. The normalized spacial score (nSPS) is 19.6. The van der Waals surface area contributed by atoms with E-state index in [-0.39, 0.29) is 32.7 Å². The minimum atomic E-state index is 0. The molecule has 0 amide bonds. The van der Waals surface area contributed by atoms with E-state index in [0.29, 0.717) is 12.6 Å². The van der Waals surface area contributed by atoms with Gasteiger partial charge in [-0.2, -0.15) is 18.2 Å². The van der Waals surface area contributed by atoms with Crippen molar-refractivity contribution in [3.8, 4) is 5.75 Å². The van der Waals surface area contributed by atoms with Gasteiger partial charge < -0.3 is 10.5 Å². The van der Waals surface area contributed by atoms with Gasteiger partial charge in [-0.25, -0.2) is 0 Å². The molecule has 1 atom stereocenters. The molecule has 0 bridgehead atoms. The van der Waals surface area contributed by atoms with Crippen molar-refractivity contribution in [1.29, 1.82) is 0 Å². The Hall–Kier alpha value is 0.0839. The third kappa shape index (κ3) is 2.52. The van der Waals surface area contributed by atoms with Crippen molar-refractivity contribution in [3.63, 3.8) is 0 Å². The quantitative estimate of drug-likeness (QED) is 0.587. The fourth-order valence-corrected chi connectivity index (χ4v) is 1.54. The standard InChI is InChI=1S/C10H12NO.Y/c11-7-9-6-5-8-3-1-2-4-10(8)12-9;/h2-4,9H,5-7,11H2;/q-1;/p+1. The van der Waals surface area contributed by atoms with Crippen LogP contribution in [0.3, 0.4) is 0 Å². The summed E-state index contributed by atoms with van der Waals surface area (Å²) < 4.78 is 4.52. The number of aryl methyl sites for hydroxylation is 1. The molecule has 1 aromatic rings. The SMILES string of the molecule is NCC1CCc2c[c-]ccc2[OH+]1.[Y]. The van der Waals surface area contributed by atoms with Crippen molar-refractivity contribution in [2.75, 3.05) is 6.54 Å². The van der Waals surface area contributed by atoms with E-state index in [4.69, 9.17) is 5.73 Å². The fraction of sp³-hybridized carbons (Fsp3) is 0.400. The Labute approximate surface area is 104 Å². The van der Waals surface area contributed by atoms with Crippen molar-refractivity contribution in [2.45, 2.75) is 18.9 Å². The van der Waals surface area contributed by atoms with Crippen LogP contribution in [0.15, 0.2) is 18.2 Å². The van der Waals surface area contributed by atoms with Crippen LogP contribution in [-0.4, -0.2) is 17.4 Å². The van der Waals surface area contributed by atoms with Gasteiger partial charge in [0, 0.05) is 39.1 Å². The molecule has 0 saturated carbocycles. The van der Waals surface area contributed by atoms with Crippen molar-refractivity contribution in [3.05, 3.63) is 29.8 Å². The summed E-state index contributed by atoms with van der Waals surface area (Å²) >= 11 is 0. The van der Waals surface area contributed by atoms with Crippen molar-refractivity contribution >= 4 is 0 Å². The molecule has 0 aliphatic carbocycles. The Morgan fingerprint density at radius 1 is 1.62 bits per heavy atom. The molecule has 1 unspecified atom stereocenters. The molecule has 1 aliphatic heterocycles. The van der Waals surface area contributed by atoms with Gasteiger partial charge in [0.15, 0.2) is 6.10 Å². The maximum atomic E-state index is 5.56. The first-order valence-electron chi connectivity index (χ1n) is 4.30. The summed E-state index contributed by atoms with van der Waals surface area (Å²) in [6.45, 7) is 0.665. The van der Waals surface area contributed by atoms with Crippen LogP contribution in [0.2, 0.25) is 0 Å². The Morgan fingerprint density at radius 2 is 2.46 bits per heavy atom. The molecule has 3 heteroatoms. The van der Waals surface area contributed by atoms with Crippen LogP contribution in [-0.2, 0) is 39.1 Å². The molecule has 1 heterocycles. The van der Waals surface area contributed by atoms with Crippen LogP contribution in [0, 0.1) is 6.07 Å². The number of ether oxygens (including phenoxy) is 1. The zero-order chi connectivity index (χ0) is 8.39. The molecule has 2 rings (SSSR count). The van der Waals surface area contributed by atoms with E-state index in [2.05, 4.69) is 10.8 Å².